The Hall–Kier alpha value is -2.42. The Morgan fingerprint density at radius 1 is 1.00 bits per heavy atom. The number of rotatable bonds is 10. The monoisotopic (exact) mass is 422 g/mol. The van der Waals surface area contributed by atoms with Gasteiger partial charge in [0.1, 0.15) is 5.75 Å². The minimum absolute atomic E-state index is 0.0284. The van der Waals surface area contributed by atoms with Crippen LogP contribution in [0.25, 0.3) is 0 Å². The maximum Gasteiger partial charge on any atom is 0.387 e. The van der Waals surface area contributed by atoms with Crippen molar-refractivity contribution in [1.29, 1.82) is 0 Å². The first-order chi connectivity index (χ1) is 14.6. The standard InChI is InChI=1S/C22H28F2N2O4/c1-27-18-6-4-17(5-7-18)19(26-9-11-29-12-10-26)15-25-14-16-3-8-20(30-22(23)24)21(13-16)28-2/h3-8,13,19,22,25H,9-12,14-15H2,1-2H3/t19-/m0/s1. The number of alkyl halides is 2. The van der Waals surface area contributed by atoms with Crippen LogP contribution in [-0.2, 0) is 11.3 Å². The molecule has 0 radical (unpaired) electrons. The topological polar surface area (TPSA) is 52.2 Å². The van der Waals surface area contributed by atoms with E-state index in [9.17, 15) is 8.78 Å². The van der Waals surface area contributed by atoms with Crippen LogP contribution in [0.3, 0.4) is 0 Å². The fourth-order valence-electron chi connectivity index (χ4n) is 3.54. The zero-order valence-corrected chi connectivity index (χ0v) is 17.3. The molecule has 30 heavy (non-hydrogen) atoms. The van der Waals surface area contributed by atoms with E-state index in [4.69, 9.17) is 14.2 Å². The lowest BCUT2D eigenvalue weighted by Crippen LogP contribution is -2.42. The zero-order valence-electron chi connectivity index (χ0n) is 17.3. The van der Waals surface area contributed by atoms with Crippen LogP contribution in [-0.4, -0.2) is 58.6 Å². The van der Waals surface area contributed by atoms with Gasteiger partial charge in [-0.3, -0.25) is 4.90 Å². The molecule has 164 valence electrons. The SMILES string of the molecule is COc1ccc([C@H](CNCc2ccc(OC(F)F)c(OC)c2)N2CCOCC2)cc1. The van der Waals surface area contributed by atoms with Gasteiger partial charge in [-0.1, -0.05) is 18.2 Å². The Bertz CT molecular complexity index is 783. The average Bonchev–Trinajstić information content (AvgIpc) is 2.78. The quantitative estimate of drug-likeness (QED) is 0.633. The third-order valence-electron chi connectivity index (χ3n) is 5.10. The molecule has 1 fully saturated rings. The summed E-state index contributed by atoms with van der Waals surface area (Å²) >= 11 is 0. The maximum atomic E-state index is 12.5. The van der Waals surface area contributed by atoms with Crippen molar-refractivity contribution in [3.8, 4) is 17.2 Å². The van der Waals surface area contributed by atoms with Crippen LogP contribution in [0.15, 0.2) is 42.5 Å². The molecule has 0 spiro atoms. The minimum atomic E-state index is -2.89. The molecular formula is C22H28F2N2O4. The Morgan fingerprint density at radius 2 is 1.73 bits per heavy atom. The van der Waals surface area contributed by atoms with Crippen LogP contribution in [0.4, 0.5) is 8.78 Å². The zero-order chi connectivity index (χ0) is 21.3. The summed E-state index contributed by atoms with van der Waals surface area (Å²) in [6.07, 6.45) is 0. The number of benzene rings is 2. The summed E-state index contributed by atoms with van der Waals surface area (Å²) in [6, 6.07) is 13.3. The summed E-state index contributed by atoms with van der Waals surface area (Å²) in [5.41, 5.74) is 2.12. The van der Waals surface area contributed by atoms with Gasteiger partial charge in [0.25, 0.3) is 0 Å². The molecule has 2 aromatic carbocycles. The van der Waals surface area contributed by atoms with E-state index in [1.165, 1.54) is 18.7 Å². The first-order valence-electron chi connectivity index (χ1n) is 9.89. The molecule has 1 N–H and O–H groups in total. The molecule has 0 aliphatic carbocycles. The Labute approximate surface area is 175 Å². The van der Waals surface area contributed by atoms with Gasteiger partial charge in [0.15, 0.2) is 11.5 Å². The van der Waals surface area contributed by atoms with E-state index in [1.54, 1.807) is 19.2 Å². The van der Waals surface area contributed by atoms with Crippen LogP contribution in [0, 0.1) is 0 Å². The first kappa shape index (κ1) is 22.3. The van der Waals surface area contributed by atoms with E-state index in [0.29, 0.717) is 6.54 Å². The van der Waals surface area contributed by atoms with Crippen molar-refractivity contribution >= 4 is 0 Å². The van der Waals surface area contributed by atoms with Crippen molar-refractivity contribution in [2.75, 3.05) is 47.1 Å². The molecule has 0 unspecified atom stereocenters. The van der Waals surface area contributed by atoms with Crippen LogP contribution in [0.2, 0.25) is 0 Å². The van der Waals surface area contributed by atoms with E-state index in [0.717, 1.165) is 44.2 Å². The highest BCUT2D eigenvalue weighted by Gasteiger charge is 2.22. The van der Waals surface area contributed by atoms with Gasteiger partial charge >= 0.3 is 6.61 Å². The van der Waals surface area contributed by atoms with Crippen molar-refractivity contribution in [3.63, 3.8) is 0 Å². The molecule has 0 bridgehead atoms. The normalized spacial score (nSPS) is 15.8. The molecule has 0 saturated carbocycles. The molecule has 2 aromatic rings. The van der Waals surface area contributed by atoms with Crippen molar-refractivity contribution in [2.45, 2.75) is 19.2 Å². The Kier molecular flexibility index (Phi) is 8.24. The summed E-state index contributed by atoms with van der Waals surface area (Å²) in [7, 11) is 3.09. The minimum Gasteiger partial charge on any atom is -0.497 e. The van der Waals surface area contributed by atoms with Crippen molar-refractivity contribution in [2.24, 2.45) is 0 Å². The molecule has 1 heterocycles. The number of methoxy groups -OCH3 is 2. The maximum absolute atomic E-state index is 12.5. The molecule has 1 saturated heterocycles. The largest absolute Gasteiger partial charge is 0.497 e. The van der Waals surface area contributed by atoms with Crippen LogP contribution < -0.4 is 19.5 Å². The Morgan fingerprint density at radius 3 is 2.37 bits per heavy atom. The van der Waals surface area contributed by atoms with Gasteiger partial charge in [0.2, 0.25) is 0 Å². The molecule has 1 aliphatic rings. The number of ether oxygens (including phenoxy) is 4. The Balaban J connectivity index is 1.66. The van der Waals surface area contributed by atoms with Crippen LogP contribution in [0.1, 0.15) is 17.2 Å². The number of nitrogens with one attached hydrogen (secondary N) is 1. The van der Waals surface area contributed by atoms with Crippen LogP contribution in [0.5, 0.6) is 17.2 Å². The van der Waals surface area contributed by atoms with E-state index in [2.05, 4.69) is 27.1 Å². The molecule has 3 rings (SSSR count). The highest BCUT2D eigenvalue weighted by molar-refractivity contribution is 5.43. The van der Waals surface area contributed by atoms with Gasteiger partial charge in [-0.05, 0) is 35.4 Å². The van der Waals surface area contributed by atoms with Gasteiger partial charge in [-0.2, -0.15) is 8.78 Å². The molecule has 0 aromatic heterocycles. The molecule has 8 heteroatoms. The third-order valence-corrected chi connectivity index (χ3v) is 5.10. The summed E-state index contributed by atoms with van der Waals surface area (Å²) in [6.45, 7) is 1.58. The third kappa shape index (κ3) is 6.04. The summed E-state index contributed by atoms with van der Waals surface area (Å²) in [5.74, 6) is 1.14. The molecule has 1 aliphatic heterocycles. The van der Waals surface area contributed by atoms with E-state index < -0.39 is 6.61 Å². The molecular weight excluding hydrogens is 394 g/mol. The lowest BCUT2D eigenvalue weighted by molar-refractivity contribution is -0.0512. The second kappa shape index (κ2) is 11.1. The first-order valence-corrected chi connectivity index (χ1v) is 9.89. The second-order valence-corrected chi connectivity index (χ2v) is 6.93. The van der Waals surface area contributed by atoms with Gasteiger partial charge in [0, 0.05) is 32.2 Å². The van der Waals surface area contributed by atoms with E-state index in [1.807, 2.05) is 12.1 Å². The van der Waals surface area contributed by atoms with E-state index in [-0.39, 0.29) is 17.5 Å². The predicted molar refractivity (Wildman–Crippen MR) is 109 cm³/mol. The second-order valence-electron chi connectivity index (χ2n) is 6.93. The van der Waals surface area contributed by atoms with Crippen molar-refractivity contribution in [3.05, 3.63) is 53.6 Å². The van der Waals surface area contributed by atoms with E-state index >= 15 is 0 Å². The fraction of sp³-hybridized carbons (Fsp3) is 0.455. The van der Waals surface area contributed by atoms with Crippen molar-refractivity contribution in [1.82, 2.24) is 10.2 Å². The van der Waals surface area contributed by atoms with Gasteiger partial charge in [0.05, 0.1) is 27.4 Å². The summed E-state index contributed by atoms with van der Waals surface area (Å²) < 4.78 is 45.4. The van der Waals surface area contributed by atoms with Crippen LogP contribution >= 0.6 is 0 Å². The van der Waals surface area contributed by atoms with Gasteiger partial charge in [-0.15, -0.1) is 0 Å². The lowest BCUT2D eigenvalue weighted by Gasteiger charge is -2.35. The number of nitrogens with zero attached hydrogens (tertiary/aromatic N) is 1. The fourth-order valence-corrected chi connectivity index (χ4v) is 3.54. The summed E-state index contributed by atoms with van der Waals surface area (Å²) in [5, 5.41) is 3.48. The molecule has 1 atom stereocenters. The molecule has 6 nitrogen and oxygen atoms in total. The number of morpholine rings is 1. The highest BCUT2D eigenvalue weighted by atomic mass is 19.3. The average molecular weight is 422 g/mol. The number of hydrogen-bond donors (Lipinski definition) is 1. The lowest BCUT2D eigenvalue weighted by atomic mass is 10.0. The predicted octanol–water partition coefficient (Wildman–Crippen LogP) is 3.47. The van der Waals surface area contributed by atoms with Crippen molar-refractivity contribution < 1.29 is 27.7 Å². The van der Waals surface area contributed by atoms with Gasteiger partial charge in [-0.25, -0.2) is 0 Å². The smallest absolute Gasteiger partial charge is 0.387 e. The summed E-state index contributed by atoms with van der Waals surface area (Å²) in [4.78, 5) is 2.40. The molecule has 0 amide bonds. The number of halogens is 2. The number of hydrogen-bond acceptors (Lipinski definition) is 6. The highest BCUT2D eigenvalue weighted by Crippen LogP contribution is 2.29. The van der Waals surface area contributed by atoms with Gasteiger partial charge < -0.3 is 24.3 Å².